The van der Waals surface area contributed by atoms with Crippen molar-refractivity contribution in [3.05, 3.63) is 30.1 Å². The Morgan fingerprint density at radius 1 is 1.00 bits per heavy atom. The second kappa shape index (κ2) is 13.3. The first-order chi connectivity index (χ1) is 13.2. The minimum atomic E-state index is -0.188. The molecule has 0 spiro atoms. The first-order valence-electron chi connectivity index (χ1n) is 10.4. The Morgan fingerprint density at radius 2 is 1.69 bits per heavy atom. The van der Waals surface area contributed by atoms with Gasteiger partial charge in [0, 0.05) is 57.4 Å². The number of likely N-dealkylation sites (tertiary alicyclic amines) is 1. The number of amides is 1. The van der Waals surface area contributed by atoms with Crippen LogP contribution in [0.1, 0.15) is 38.5 Å². The fraction of sp³-hybridized carbons (Fsp3) is 0.667. The first kappa shape index (κ1) is 26.0. The van der Waals surface area contributed by atoms with Gasteiger partial charge >= 0.3 is 0 Å². The van der Waals surface area contributed by atoms with E-state index in [2.05, 4.69) is 14.7 Å². The molecule has 2 N–H and O–H groups in total. The Morgan fingerprint density at radius 3 is 2.34 bits per heavy atom. The van der Waals surface area contributed by atoms with Crippen LogP contribution in [0.15, 0.2) is 24.3 Å². The molecular weight excluding hydrogens is 414 g/mol. The number of hydrogen-bond donors (Lipinski definition) is 1. The molecule has 0 aliphatic carbocycles. The number of unbranched alkanes of at least 4 members (excludes halogenated alkanes) is 2. The highest BCUT2D eigenvalue weighted by atomic mass is 35.5. The van der Waals surface area contributed by atoms with Gasteiger partial charge in [0.1, 0.15) is 5.82 Å². The van der Waals surface area contributed by atoms with Gasteiger partial charge < -0.3 is 15.5 Å². The summed E-state index contributed by atoms with van der Waals surface area (Å²) in [5, 5.41) is 0. The molecule has 5 nitrogen and oxygen atoms in total. The van der Waals surface area contributed by atoms with Gasteiger partial charge in [-0.2, -0.15) is 0 Å². The van der Waals surface area contributed by atoms with E-state index in [0.29, 0.717) is 24.9 Å². The zero-order valence-electron chi connectivity index (χ0n) is 17.1. The summed E-state index contributed by atoms with van der Waals surface area (Å²) < 4.78 is 13.1. The second-order valence-corrected chi connectivity index (χ2v) is 7.73. The van der Waals surface area contributed by atoms with Crippen LogP contribution in [0.5, 0.6) is 0 Å². The van der Waals surface area contributed by atoms with Crippen LogP contribution >= 0.6 is 24.8 Å². The Bertz CT molecular complexity index is 597. The van der Waals surface area contributed by atoms with Crippen LogP contribution < -0.4 is 10.6 Å². The van der Waals surface area contributed by atoms with Gasteiger partial charge in [0.15, 0.2) is 0 Å². The molecular formula is C21H35Cl2FN4O. The lowest BCUT2D eigenvalue weighted by molar-refractivity contribution is -0.133. The third-order valence-electron chi connectivity index (χ3n) is 5.87. The quantitative estimate of drug-likeness (QED) is 0.650. The predicted octanol–water partition coefficient (Wildman–Crippen LogP) is 3.30. The van der Waals surface area contributed by atoms with Crippen LogP contribution in [-0.4, -0.2) is 67.6 Å². The van der Waals surface area contributed by atoms with Crippen LogP contribution in [0.2, 0.25) is 0 Å². The van der Waals surface area contributed by atoms with Gasteiger partial charge in [-0.25, -0.2) is 4.39 Å². The molecule has 1 unspecified atom stereocenters. The van der Waals surface area contributed by atoms with Crippen LogP contribution in [0.25, 0.3) is 0 Å². The number of benzene rings is 1. The van der Waals surface area contributed by atoms with Gasteiger partial charge in [-0.15, -0.1) is 24.8 Å². The standard InChI is InChI=1S/C21H33FN4O.2ClH/c22-18-7-9-19(10-8-18)24-13-15-25(16-14-24)20-5-4-12-26(17-20)21(27)6-2-1-3-11-23;;/h7-10,20H,1-6,11-17,23H2;2*1H. The smallest absolute Gasteiger partial charge is 0.222 e. The molecule has 1 atom stereocenters. The van der Waals surface area contributed by atoms with E-state index in [-0.39, 0.29) is 30.6 Å². The predicted molar refractivity (Wildman–Crippen MR) is 122 cm³/mol. The van der Waals surface area contributed by atoms with E-state index < -0.39 is 0 Å². The highest BCUT2D eigenvalue weighted by molar-refractivity contribution is 5.85. The van der Waals surface area contributed by atoms with Crippen molar-refractivity contribution in [1.29, 1.82) is 0 Å². The van der Waals surface area contributed by atoms with E-state index in [1.807, 2.05) is 12.1 Å². The third-order valence-corrected chi connectivity index (χ3v) is 5.87. The third kappa shape index (κ3) is 7.59. The number of rotatable bonds is 7. The number of piperidine rings is 1. The Labute approximate surface area is 186 Å². The number of nitrogens with two attached hydrogens (primary N) is 1. The highest BCUT2D eigenvalue weighted by Crippen LogP contribution is 2.22. The number of piperazine rings is 1. The maximum absolute atomic E-state index is 13.1. The molecule has 2 fully saturated rings. The number of carbonyl (C=O) groups excluding carboxylic acids is 1. The summed E-state index contributed by atoms with van der Waals surface area (Å²) in [4.78, 5) is 19.4. The molecule has 0 bridgehead atoms. The second-order valence-electron chi connectivity index (χ2n) is 7.73. The van der Waals surface area contributed by atoms with E-state index >= 15 is 0 Å². The topological polar surface area (TPSA) is 52.8 Å². The molecule has 3 rings (SSSR count). The van der Waals surface area contributed by atoms with Crippen LogP contribution in [0.3, 0.4) is 0 Å². The maximum Gasteiger partial charge on any atom is 0.222 e. The van der Waals surface area contributed by atoms with Gasteiger partial charge in [0.05, 0.1) is 0 Å². The van der Waals surface area contributed by atoms with Gasteiger partial charge in [0.2, 0.25) is 5.91 Å². The summed E-state index contributed by atoms with van der Waals surface area (Å²) in [5.74, 6) is 0.119. The average molecular weight is 449 g/mol. The van der Waals surface area contributed by atoms with Crippen molar-refractivity contribution in [3.63, 3.8) is 0 Å². The largest absolute Gasteiger partial charge is 0.369 e. The molecule has 2 aliphatic heterocycles. The van der Waals surface area contributed by atoms with E-state index in [9.17, 15) is 9.18 Å². The van der Waals surface area contributed by atoms with Crippen molar-refractivity contribution in [1.82, 2.24) is 9.80 Å². The molecule has 1 aromatic rings. The van der Waals surface area contributed by atoms with Crippen molar-refractivity contribution in [3.8, 4) is 0 Å². The lowest BCUT2D eigenvalue weighted by atomic mass is 10.0. The average Bonchev–Trinajstić information content (AvgIpc) is 2.72. The SMILES string of the molecule is Cl.Cl.NCCCCCC(=O)N1CCCC(N2CCN(c3ccc(F)cc3)CC2)C1. The number of carbonyl (C=O) groups is 1. The zero-order chi connectivity index (χ0) is 19.1. The molecule has 1 amide bonds. The minimum Gasteiger partial charge on any atom is -0.369 e. The number of nitrogens with zero attached hydrogens (tertiary/aromatic N) is 3. The molecule has 0 radical (unpaired) electrons. The first-order valence-corrected chi connectivity index (χ1v) is 10.4. The number of halogens is 3. The van der Waals surface area contributed by atoms with Crippen LogP contribution in [-0.2, 0) is 4.79 Å². The normalized spacial score (nSPS) is 20.0. The van der Waals surface area contributed by atoms with Crippen molar-refractivity contribution in [2.45, 2.75) is 44.6 Å². The van der Waals surface area contributed by atoms with Crippen LogP contribution in [0, 0.1) is 5.82 Å². The lowest BCUT2D eigenvalue weighted by Gasteiger charge is -2.44. The highest BCUT2D eigenvalue weighted by Gasteiger charge is 2.29. The van der Waals surface area contributed by atoms with Gasteiger partial charge in [0.25, 0.3) is 0 Å². The summed E-state index contributed by atoms with van der Waals surface area (Å²) in [5.41, 5.74) is 6.61. The molecule has 29 heavy (non-hydrogen) atoms. The van der Waals surface area contributed by atoms with Crippen molar-refractivity contribution < 1.29 is 9.18 Å². The summed E-state index contributed by atoms with van der Waals surface area (Å²) in [6, 6.07) is 7.25. The van der Waals surface area contributed by atoms with Crippen molar-refractivity contribution in [2.75, 3.05) is 50.7 Å². The Hall–Kier alpha value is -1.08. The summed E-state index contributed by atoms with van der Waals surface area (Å²) >= 11 is 0. The number of anilines is 1. The van der Waals surface area contributed by atoms with E-state index in [0.717, 1.165) is 70.6 Å². The molecule has 0 saturated carbocycles. The van der Waals surface area contributed by atoms with Gasteiger partial charge in [-0.1, -0.05) is 6.42 Å². The fourth-order valence-corrected chi connectivity index (χ4v) is 4.23. The summed E-state index contributed by atoms with van der Waals surface area (Å²) in [6.07, 6.45) is 5.93. The molecule has 2 aliphatic rings. The maximum atomic E-state index is 13.1. The molecule has 166 valence electrons. The molecule has 8 heteroatoms. The van der Waals surface area contributed by atoms with E-state index in [4.69, 9.17) is 5.73 Å². The zero-order valence-corrected chi connectivity index (χ0v) is 18.7. The summed E-state index contributed by atoms with van der Waals surface area (Å²) in [7, 11) is 0. The van der Waals surface area contributed by atoms with Gasteiger partial charge in [-0.05, 0) is 56.5 Å². The molecule has 2 saturated heterocycles. The Balaban J connectivity index is 0.00000210. The number of hydrogen-bond acceptors (Lipinski definition) is 4. The minimum absolute atomic E-state index is 0. The fourth-order valence-electron chi connectivity index (χ4n) is 4.23. The molecule has 1 aromatic carbocycles. The molecule has 0 aromatic heterocycles. The van der Waals surface area contributed by atoms with E-state index in [1.165, 1.54) is 18.6 Å². The van der Waals surface area contributed by atoms with Crippen molar-refractivity contribution in [2.24, 2.45) is 5.73 Å². The monoisotopic (exact) mass is 448 g/mol. The Kier molecular flexibility index (Phi) is 11.9. The van der Waals surface area contributed by atoms with E-state index in [1.54, 1.807) is 0 Å². The van der Waals surface area contributed by atoms with Crippen LogP contribution in [0.4, 0.5) is 10.1 Å². The molecule has 2 heterocycles. The summed E-state index contributed by atoms with van der Waals surface area (Å²) in [6.45, 7) is 6.39. The van der Waals surface area contributed by atoms with Gasteiger partial charge in [-0.3, -0.25) is 9.69 Å². The van der Waals surface area contributed by atoms with Crippen molar-refractivity contribution >= 4 is 36.4 Å². The lowest BCUT2D eigenvalue weighted by Crippen LogP contribution is -2.55.